The fourth-order valence-electron chi connectivity index (χ4n) is 0.199. The molecule has 0 aliphatic heterocycles. The summed E-state index contributed by atoms with van der Waals surface area (Å²) >= 11 is 0. The van der Waals surface area contributed by atoms with Crippen molar-refractivity contribution >= 4 is 5.97 Å². The highest BCUT2D eigenvalue weighted by Gasteiger charge is 1.81. The van der Waals surface area contributed by atoms with E-state index in [1.54, 1.807) is 6.08 Å². The molecule has 46 valence electrons. The van der Waals surface area contributed by atoms with Crippen LogP contribution in [0.1, 0.15) is 6.92 Å². The summed E-state index contributed by atoms with van der Waals surface area (Å²) in [6, 6.07) is 0. The first-order chi connectivity index (χ1) is 3.77. The van der Waals surface area contributed by atoms with Crippen molar-refractivity contribution in [1.29, 1.82) is 0 Å². The Morgan fingerprint density at radius 1 is 1.88 bits per heavy atom. The van der Waals surface area contributed by atoms with Gasteiger partial charge in [-0.2, -0.15) is 0 Å². The van der Waals surface area contributed by atoms with Gasteiger partial charge in [0.2, 0.25) is 0 Å². The third-order valence-electron chi connectivity index (χ3n) is 0.466. The molecule has 0 heterocycles. The number of nitrogens with two attached hydrogens (primary N) is 1. The van der Waals surface area contributed by atoms with Crippen LogP contribution in [0.3, 0.4) is 0 Å². The number of esters is 1. The number of carbonyl (C=O) groups is 1. The van der Waals surface area contributed by atoms with Crippen LogP contribution in [0.25, 0.3) is 0 Å². The van der Waals surface area contributed by atoms with Crippen molar-refractivity contribution in [3.8, 4) is 0 Å². The molecular weight excluding hydrogens is 106 g/mol. The Hall–Kier alpha value is -0.830. The molecule has 0 aromatic rings. The summed E-state index contributed by atoms with van der Waals surface area (Å²) in [5, 5.41) is 0. The molecule has 0 radical (unpaired) electrons. The molecule has 2 N–H and O–H groups in total. The zero-order valence-corrected chi connectivity index (χ0v) is 4.76. The van der Waals surface area contributed by atoms with Crippen molar-refractivity contribution in [3.63, 3.8) is 0 Å². The van der Waals surface area contributed by atoms with Crippen molar-refractivity contribution in [2.24, 2.45) is 5.73 Å². The minimum atomic E-state index is -0.324. The molecule has 0 saturated carbocycles. The number of carbonyl (C=O) groups excluding carboxylic acids is 1. The number of hydrogen-bond acceptors (Lipinski definition) is 3. The van der Waals surface area contributed by atoms with Crippen LogP contribution in [-0.4, -0.2) is 12.5 Å². The monoisotopic (exact) mass is 115 g/mol. The van der Waals surface area contributed by atoms with E-state index in [4.69, 9.17) is 5.73 Å². The summed E-state index contributed by atoms with van der Waals surface area (Å²) in [5.41, 5.74) is 5.04. The van der Waals surface area contributed by atoms with E-state index in [0.29, 0.717) is 6.54 Å². The molecule has 3 heteroatoms. The van der Waals surface area contributed by atoms with E-state index >= 15 is 0 Å². The predicted octanol–water partition coefficient (Wildman–Crippen LogP) is 0.0219. The van der Waals surface area contributed by atoms with Crippen LogP contribution in [0, 0.1) is 0 Å². The summed E-state index contributed by atoms with van der Waals surface area (Å²) in [4.78, 5) is 10.0. The Bertz CT molecular complexity index is 98.6. The lowest BCUT2D eigenvalue weighted by Gasteiger charge is -1.86. The fourth-order valence-corrected chi connectivity index (χ4v) is 0.199. The van der Waals surface area contributed by atoms with Gasteiger partial charge in [-0.25, -0.2) is 0 Å². The molecule has 0 rings (SSSR count). The molecule has 0 bridgehead atoms. The van der Waals surface area contributed by atoms with Crippen molar-refractivity contribution in [2.75, 3.05) is 6.54 Å². The Morgan fingerprint density at radius 2 is 2.50 bits per heavy atom. The second-order valence-electron chi connectivity index (χ2n) is 1.22. The van der Waals surface area contributed by atoms with Crippen LogP contribution < -0.4 is 5.73 Å². The SMILES string of the molecule is CC(=O)OC=CCN. The second kappa shape index (κ2) is 4.33. The number of rotatable bonds is 2. The van der Waals surface area contributed by atoms with Gasteiger partial charge in [-0.3, -0.25) is 4.79 Å². The van der Waals surface area contributed by atoms with Gasteiger partial charge in [0.15, 0.2) is 0 Å². The topological polar surface area (TPSA) is 52.3 Å². The number of ether oxygens (including phenoxy) is 1. The van der Waals surface area contributed by atoms with Gasteiger partial charge in [0.05, 0.1) is 6.26 Å². The van der Waals surface area contributed by atoms with Gasteiger partial charge in [0, 0.05) is 13.5 Å². The maximum Gasteiger partial charge on any atom is 0.307 e. The lowest BCUT2D eigenvalue weighted by atomic mass is 10.6. The zero-order valence-electron chi connectivity index (χ0n) is 4.76. The molecule has 0 aliphatic carbocycles. The van der Waals surface area contributed by atoms with Gasteiger partial charge < -0.3 is 10.5 Å². The summed E-state index contributed by atoms with van der Waals surface area (Å²) in [7, 11) is 0. The van der Waals surface area contributed by atoms with E-state index < -0.39 is 0 Å². The van der Waals surface area contributed by atoms with E-state index in [2.05, 4.69) is 4.74 Å². The predicted molar refractivity (Wildman–Crippen MR) is 30.0 cm³/mol. The third kappa shape index (κ3) is 5.17. The highest BCUT2D eigenvalue weighted by Crippen LogP contribution is 1.75. The standard InChI is InChI=1S/C5H9NO2/c1-5(7)8-4-2-3-6/h2,4H,3,6H2,1H3. The maximum absolute atomic E-state index is 10.0. The van der Waals surface area contributed by atoms with Gasteiger partial charge in [-0.05, 0) is 6.08 Å². The smallest absolute Gasteiger partial charge is 0.307 e. The van der Waals surface area contributed by atoms with Gasteiger partial charge in [0.1, 0.15) is 0 Å². The van der Waals surface area contributed by atoms with Crippen LogP contribution in [0.5, 0.6) is 0 Å². The fraction of sp³-hybridized carbons (Fsp3) is 0.400. The quantitative estimate of drug-likeness (QED) is 0.408. The molecular formula is C5H9NO2. The van der Waals surface area contributed by atoms with Gasteiger partial charge >= 0.3 is 5.97 Å². The van der Waals surface area contributed by atoms with Crippen LogP contribution >= 0.6 is 0 Å². The van der Waals surface area contributed by atoms with Gasteiger partial charge in [-0.15, -0.1) is 0 Å². The summed E-state index contributed by atoms with van der Waals surface area (Å²) in [6.45, 7) is 1.73. The molecule has 0 atom stereocenters. The average Bonchev–Trinajstić information content (AvgIpc) is 1.66. The Labute approximate surface area is 48.1 Å². The molecule has 0 aromatic carbocycles. The summed E-state index contributed by atoms with van der Waals surface area (Å²) < 4.78 is 4.38. The molecule has 0 saturated heterocycles. The van der Waals surface area contributed by atoms with Crippen molar-refractivity contribution in [3.05, 3.63) is 12.3 Å². The number of hydrogen-bond donors (Lipinski definition) is 1. The molecule has 0 amide bonds. The van der Waals surface area contributed by atoms with E-state index in [0.717, 1.165) is 0 Å². The second-order valence-corrected chi connectivity index (χ2v) is 1.22. The van der Waals surface area contributed by atoms with Crippen LogP contribution in [0.2, 0.25) is 0 Å². The largest absolute Gasteiger partial charge is 0.435 e. The van der Waals surface area contributed by atoms with Crippen LogP contribution in [0.15, 0.2) is 12.3 Å². The first-order valence-electron chi connectivity index (χ1n) is 2.29. The summed E-state index contributed by atoms with van der Waals surface area (Å²) in [6.07, 6.45) is 2.84. The lowest BCUT2D eigenvalue weighted by molar-refractivity contribution is -0.135. The van der Waals surface area contributed by atoms with E-state index in [1.807, 2.05) is 0 Å². The Kier molecular flexibility index (Phi) is 3.88. The van der Waals surface area contributed by atoms with Crippen molar-refractivity contribution in [1.82, 2.24) is 0 Å². The van der Waals surface area contributed by atoms with E-state index in [9.17, 15) is 4.79 Å². The zero-order chi connectivity index (χ0) is 6.41. The minimum Gasteiger partial charge on any atom is -0.435 e. The molecule has 0 aliphatic rings. The molecule has 8 heavy (non-hydrogen) atoms. The Balaban J connectivity index is 3.16. The molecule has 0 aromatic heterocycles. The van der Waals surface area contributed by atoms with Crippen LogP contribution in [0.4, 0.5) is 0 Å². The Morgan fingerprint density at radius 3 is 2.88 bits per heavy atom. The molecule has 0 spiro atoms. The molecule has 3 nitrogen and oxygen atoms in total. The molecule has 0 fully saturated rings. The van der Waals surface area contributed by atoms with E-state index in [-0.39, 0.29) is 5.97 Å². The van der Waals surface area contributed by atoms with Crippen molar-refractivity contribution < 1.29 is 9.53 Å². The highest BCUT2D eigenvalue weighted by atomic mass is 16.5. The van der Waals surface area contributed by atoms with Crippen molar-refractivity contribution in [2.45, 2.75) is 6.92 Å². The normalized spacial score (nSPS) is 9.75. The highest BCUT2D eigenvalue weighted by molar-refractivity contribution is 5.66. The third-order valence-corrected chi connectivity index (χ3v) is 0.466. The minimum absolute atomic E-state index is 0.324. The average molecular weight is 115 g/mol. The van der Waals surface area contributed by atoms with E-state index in [1.165, 1.54) is 13.2 Å². The van der Waals surface area contributed by atoms with Gasteiger partial charge in [-0.1, -0.05) is 0 Å². The summed E-state index contributed by atoms with van der Waals surface area (Å²) in [5.74, 6) is -0.324. The first-order valence-corrected chi connectivity index (χ1v) is 2.29. The first kappa shape index (κ1) is 7.17. The molecule has 0 unspecified atom stereocenters. The van der Waals surface area contributed by atoms with Crippen LogP contribution in [-0.2, 0) is 9.53 Å². The van der Waals surface area contributed by atoms with Gasteiger partial charge in [0.25, 0.3) is 0 Å². The lowest BCUT2D eigenvalue weighted by Crippen LogP contribution is -1.95. The maximum atomic E-state index is 10.0.